The predicted octanol–water partition coefficient (Wildman–Crippen LogP) is 4.73. The van der Waals surface area contributed by atoms with Gasteiger partial charge in [-0.2, -0.15) is 4.90 Å². The first-order valence-corrected chi connectivity index (χ1v) is 9.81. The summed E-state index contributed by atoms with van der Waals surface area (Å²) < 4.78 is 15.4. The van der Waals surface area contributed by atoms with Gasteiger partial charge in [0.2, 0.25) is 0 Å². The number of nitrogens with zero attached hydrogens (tertiary/aromatic N) is 2. The van der Waals surface area contributed by atoms with E-state index in [2.05, 4.69) is 6.58 Å². The molecule has 2 amide bonds. The first kappa shape index (κ1) is 25.1. The first-order chi connectivity index (χ1) is 15.5. The van der Waals surface area contributed by atoms with Crippen LogP contribution in [0, 0.1) is 10.1 Å². The minimum absolute atomic E-state index is 0.0985. The summed E-state index contributed by atoms with van der Waals surface area (Å²) >= 11 is 0. The molecule has 0 saturated carbocycles. The highest BCUT2D eigenvalue weighted by Gasteiger charge is 2.34. The average Bonchev–Trinajstić information content (AvgIpc) is 2.75. The van der Waals surface area contributed by atoms with Gasteiger partial charge in [-0.3, -0.25) is 10.1 Å². The molecule has 0 bridgehead atoms. The second-order valence-electron chi connectivity index (χ2n) is 7.80. The van der Waals surface area contributed by atoms with Gasteiger partial charge in [0.15, 0.2) is 0 Å². The van der Waals surface area contributed by atoms with Crippen LogP contribution in [0.5, 0.6) is 0 Å². The molecule has 2 aromatic rings. The van der Waals surface area contributed by atoms with E-state index in [0.29, 0.717) is 16.0 Å². The van der Waals surface area contributed by atoms with E-state index in [0.717, 1.165) is 0 Å². The predicted molar refractivity (Wildman–Crippen MR) is 117 cm³/mol. The zero-order valence-electron chi connectivity index (χ0n) is 18.5. The SMILES string of the molecule is C=C(C(=O)OCc1ccccc1)N(C(=O)OCc1ccc([N+](=O)[O-])cc1)C(=O)OC(C)(C)C. The molecule has 10 nitrogen and oxygen atoms in total. The van der Waals surface area contributed by atoms with Gasteiger partial charge in [-0.05, 0) is 44.0 Å². The van der Waals surface area contributed by atoms with E-state index >= 15 is 0 Å². The van der Waals surface area contributed by atoms with Gasteiger partial charge in [-0.25, -0.2) is 14.4 Å². The molecule has 0 aliphatic carbocycles. The molecule has 0 heterocycles. The lowest BCUT2D eigenvalue weighted by Gasteiger charge is -2.26. The number of hydrogen-bond acceptors (Lipinski definition) is 8. The largest absolute Gasteiger partial charge is 0.456 e. The van der Waals surface area contributed by atoms with Gasteiger partial charge < -0.3 is 14.2 Å². The number of imide groups is 1. The third-order valence-corrected chi connectivity index (χ3v) is 3.99. The van der Waals surface area contributed by atoms with Crippen LogP contribution in [0.3, 0.4) is 0 Å². The monoisotopic (exact) mass is 456 g/mol. The van der Waals surface area contributed by atoms with Gasteiger partial charge in [0.1, 0.15) is 24.5 Å². The maximum absolute atomic E-state index is 12.7. The Morgan fingerprint density at radius 3 is 2.00 bits per heavy atom. The van der Waals surface area contributed by atoms with Gasteiger partial charge in [-0.15, -0.1) is 0 Å². The summed E-state index contributed by atoms with van der Waals surface area (Å²) in [4.78, 5) is 48.3. The second-order valence-corrected chi connectivity index (χ2v) is 7.80. The van der Waals surface area contributed by atoms with Gasteiger partial charge in [0.05, 0.1) is 4.92 Å². The summed E-state index contributed by atoms with van der Waals surface area (Å²) in [5.74, 6) is -1.02. The van der Waals surface area contributed by atoms with Crippen LogP contribution in [0.25, 0.3) is 0 Å². The first-order valence-electron chi connectivity index (χ1n) is 9.81. The van der Waals surface area contributed by atoms with Crippen molar-refractivity contribution in [1.29, 1.82) is 0 Å². The maximum atomic E-state index is 12.7. The van der Waals surface area contributed by atoms with Gasteiger partial charge in [0.25, 0.3) is 5.69 Å². The summed E-state index contributed by atoms with van der Waals surface area (Å²) in [7, 11) is 0. The van der Waals surface area contributed by atoms with E-state index in [1.165, 1.54) is 24.3 Å². The number of nitro benzene ring substituents is 1. The average molecular weight is 456 g/mol. The lowest BCUT2D eigenvalue weighted by molar-refractivity contribution is -0.384. The fourth-order valence-electron chi connectivity index (χ4n) is 2.42. The highest BCUT2D eigenvalue weighted by Crippen LogP contribution is 2.18. The van der Waals surface area contributed by atoms with Gasteiger partial charge in [-0.1, -0.05) is 36.9 Å². The molecule has 2 aromatic carbocycles. The minimum Gasteiger partial charge on any atom is -0.456 e. The number of non-ortho nitro benzene ring substituents is 1. The summed E-state index contributed by atoms with van der Waals surface area (Å²) in [6.07, 6.45) is -2.39. The second kappa shape index (κ2) is 10.9. The van der Waals surface area contributed by atoms with E-state index in [-0.39, 0.29) is 18.9 Å². The van der Waals surface area contributed by atoms with Crippen molar-refractivity contribution >= 4 is 23.8 Å². The van der Waals surface area contributed by atoms with Crippen molar-refractivity contribution in [2.75, 3.05) is 0 Å². The zero-order chi connectivity index (χ0) is 24.6. The van der Waals surface area contributed by atoms with Crippen molar-refractivity contribution in [3.63, 3.8) is 0 Å². The third-order valence-electron chi connectivity index (χ3n) is 3.99. The molecular formula is C23H24N2O8. The van der Waals surface area contributed by atoms with Crippen molar-refractivity contribution in [2.24, 2.45) is 0 Å². The van der Waals surface area contributed by atoms with Crippen molar-refractivity contribution in [1.82, 2.24) is 4.90 Å². The summed E-state index contributed by atoms with van der Waals surface area (Å²) in [5, 5.41) is 10.7. The van der Waals surface area contributed by atoms with E-state index in [1.807, 2.05) is 0 Å². The third kappa shape index (κ3) is 7.76. The lowest BCUT2D eigenvalue weighted by Crippen LogP contribution is -2.42. The van der Waals surface area contributed by atoms with Crippen molar-refractivity contribution in [3.8, 4) is 0 Å². The van der Waals surface area contributed by atoms with Crippen LogP contribution in [0.15, 0.2) is 66.9 Å². The molecule has 0 aromatic heterocycles. The number of hydrogen-bond donors (Lipinski definition) is 0. The molecular weight excluding hydrogens is 432 g/mol. The molecule has 10 heteroatoms. The molecule has 0 N–H and O–H groups in total. The number of carbonyl (C=O) groups is 3. The van der Waals surface area contributed by atoms with E-state index in [1.54, 1.807) is 51.1 Å². The highest BCUT2D eigenvalue weighted by atomic mass is 16.6. The number of nitro groups is 1. The molecule has 0 radical (unpaired) electrons. The molecule has 0 aliphatic heterocycles. The molecule has 0 aliphatic rings. The molecule has 0 unspecified atom stereocenters. The van der Waals surface area contributed by atoms with E-state index < -0.39 is 34.4 Å². The van der Waals surface area contributed by atoms with E-state index in [9.17, 15) is 24.5 Å². The number of benzene rings is 2. The molecule has 0 saturated heterocycles. The Labute approximate surface area is 190 Å². The van der Waals surface area contributed by atoms with Crippen LogP contribution in [-0.4, -0.2) is 33.6 Å². The molecule has 174 valence electrons. The molecule has 2 rings (SSSR count). The van der Waals surface area contributed by atoms with Crippen molar-refractivity contribution in [2.45, 2.75) is 39.6 Å². The van der Waals surface area contributed by atoms with Gasteiger partial charge >= 0.3 is 18.2 Å². The number of rotatable bonds is 7. The molecule has 33 heavy (non-hydrogen) atoms. The highest BCUT2D eigenvalue weighted by molar-refractivity contribution is 6.00. The van der Waals surface area contributed by atoms with Crippen LogP contribution < -0.4 is 0 Å². The number of carbonyl (C=O) groups excluding carboxylic acids is 3. The lowest BCUT2D eigenvalue weighted by atomic mass is 10.2. The smallest absolute Gasteiger partial charge is 0.424 e. The normalized spacial score (nSPS) is 10.6. The van der Waals surface area contributed by atoms with Crippen molar-refractivity contribution < 1.29 is 33.5 Å². The summed E-state index contributed by atoms with van der Waals surface area (Å²) in [5.41, 5.74) is -0.565. The van der Waals surface area contributed by atoms with E-state index in [4.69, 9.17) is 14.2 Å². The Morgan fingerprint density at radius 1 is 0.909 bits per heavy atom. The standard InChI is InChI=1S/C23H24N2O8/c1-16(20(26)31-14-17-8-6-5-7-9-17)24(22(28)33-23(2,3)4)21(27)32-15-18-10-12-19(13-11-18)25(29)30/h5-13H,1,14-15H2,2-4H3. The fourth-order valence-corrected chi connectivity index (χ4v) is 2.42. The van der Waals surface area contributed by atoms with Crippen LogP contribution in [0.2, 0.25) is 0 Å². The molecule has 0 fully saturated rings. The molecule has 0 atom stereocenters. The zero-order valence-corrected chi connectivity index (χ0v) is 18.5. The van der Waals surface area contributed by atoms with Crippen LogP contribution in [-0.2, 0) is 32.2 Å². The topological polar surface area (TPSA) is 125 Å². The van der Waals surface area contributed by atoms with Crippen LogP contribution in [0.4, 0.5) is 15.3 Å². The quantitative estimate of drug-likeness (QED) is 0.193. The van der Waals surface area contributed by atoms with Crippen LogP contribution in [0.1, 0.15) is 31.9 Å². The number of esters is 1. The maximum Gasteiger partial charge on any atom is 0.424 e. The Bertz CT molecular complexity index is 1030. The summed E-state index contributed by atoms with van der Waals surface area (Å²) in [6.45, 7) is 7.84. The Morgan fingerprint density at radius 2 is 1.45 bits per heavy atom. The summed E-state index contributed by atoms with van der Waals surface area (Å²) in [6, 6.07) is 14.1. The Balaban J connectivity index is 2.11. The fraction of sp³-hybridized carbons (Fsp3) is 0.261. The molecule has 0 spiro atoms. The Kier molecular flexibility index (Phi) is 8.27. The van der Waals surface area contributed by atoms with Crippen molar-refractivity contribution in [3.05, 3.63) is 88.1 Å². The van der Waals surface area contributed by atoms with Gasteiger partial charge in [0, 0.05) is 12.1 Å². The van der Waals surface area contributed by atoms with Crippen LogP contribution >= 0.6 is 0 Å². The Hall–Kier alpha value is -4.21. The minimum atomic E-state index is -1.22. The number of ether oxygens (including phenoxy) is 3. The number of amides is 2.